The van der Waals surface area contributed by atoms with Crippen molar-refractivity contribution in [3.05, 3.63) is 46.4 Å². The Labute approximate surface area is 132 Å². The fourth-order valence-electron chi connectivity index (χ4n) is 2.36. The fourth-order valence-corrected chi connectivity index (χ4v) is 2.36. The van der Waals surface area contributed by atoms with Gasteiger partial charge in [0.2, 0.25) is 6.54 Å². The van der Waals surface area contributed by atoms with Crippen LogP contribution >= 0.6 is 0 Å². The molecule has 0 saturated heterocycles. The number of hydrogen-bond donors (Lipinski definition) is 0. The number of carbonyl (C=O) groups is 2. The van der Waals surface area contributed by atoms with Crippen molar-refractivity contribution in [3.8, 4) is 0 Å². The van der Waals surface area contributed by atoms with Gasteiger partial charge in [-0.2, -0.15) is 0 Å². The lowest BCUT2D eigenvalue weighted by Crippen LogP contribution is -2.46. The van der Waals surface area contributed by atoms with Gasteiger partial charge in [0, 0.05) is 11.0 Å². The molecule has 0 N–H and O–H groups in total. The third-order valence-corrected chi connectivity index (χ3v) is 3.23. The normalized spacial score (nSPS) is 19.0. The topological polar surface area (TPSA) is 103 Å². The van der Waals surface area contributed by atoms with Gasteiger partial charge in [-0.05, 0) is 32.9 Å². The number of rotatable bonds is 4. The fraction of sp³-hybridized carbons (Fsp3) is 0.467. The quantitative estimate of drug-likeness (QED) is 0.622. The Balaban J connectivity index is 2.29. The second-order valence-corrected chi connectivity index (χ2v) is 6.18. The van der Waals surface area contributed by atoms with Crippen LogP contribution in [0.4, 0.5) is 4.79 Å². The Kier molecular flexibility index (Phi) is 4.53. The molecule has 23 heavy (non-hydrogen) atoms. The lowest BCUT2D eigenvalue weighted by Gasteiger charge is -2.29. The molecule has 1 aromatic heterocycles. The van der Waals surface area contributed by atoms with Crippen LogP contribution in [0.15, 0.2) is 35.0 Å². The van der Waals surface area contributed by atoms with Crippen molar-refractivity contribution in [2.24, 2.45) is 0 Å². The third kappa shape index (κ3) is 3.97. The largest absolute Gasteiger partial charge is 0.469 e. The lowest BCUT2D eigenvalue weighted by atomic mass is 9.97. The molecule has 2 atom stereocenters. The summed E-state index contributed by atoms with van der Waals surface area (Å²) in [7, 11) is 0. The highest BCUT2D eigenvalue weighted by Crippen LogP contribution is 2.30. The molecule has 8 nitrogen and oxygen atoms in total. The average molecular weight is 322 g/mol. The number of nitrogens with zero attached hydrogens (tertiary/aromatic N) is 2. The molecular formula is C15H18N2O6. The van der Waals surface area contributed by atoms with Crippen molar-refractivity contribution < 1.29 is 23.7 Å². The zero-order chi connectivity index (χ0) is 17.2. The van der Waals surface area contributed by atoms with Crippen LogP contribution in [0.2, 0.25) is 0 Å². The van der Waals surface area contributed by atoms with Gasteiger partial charge in [0.25, 0.3) is 5.91 Å². The molecule has 0 fully saturated rings. The van der Waals surface area contributed by atoms with E-state index < -0.39 is 41.0 Å². The highest BCUT2D eigenvalue weighted by molar-refractivity contribution is 6.01. The standard InChI is InChI=1S/C15H18N2O6/c1-15(2,3)23-14(19)17-11(6-7-13(17)18)10(9-16(20)21)12-5-4-8-22-12/h4-8,10-11H,9H2,1-3H3/t10-,11-/m1/s1. The maximum Gasteiger partial charge on any atom is 0.417 e. The summed E-state index contributed by atoms with van der Waals surface area (Å²) in [6.07, 6.45) is 3.23. The van der Waals surface area contributed by atoms with E-state index in [0.29, 0.717) is 5.76 Å². The molecule has 0 radical (unpaired) electrons. The van der Waals surface area contributed by atoms with Gasteiger partial charge >= 0.3 is 6.09 Å². The first-order valence-corrected chi connectivity index (χ1v) is 7.08. The van der Waals surface area contributed by atoms with Crippen LogP contribution in [0.25, 0.3) is 0 Å². The van der Waals surface area contributed by atoms with Crippen LogP contribution in [0.5, 0.6) is 0 Å². The van der Waals surface area contributed by atoms with Crippen LogP contribution in [-0.4, -0.2) is 40.0 Å². The van der Waals surface area contributed by atoms with Crippen molar-refractivity contribution in [3.63, 3.8) is 0 Å². The van der Waals surface area contributed by atoms with E-state index in [4.69, 9.17) is 9.15 Å². The third-order valence-electron chi connectivity index (χ3n) is 3.23. The summed E-state index contributed by atoms with van der Waals surface area (Å²) in [5.74, 6) is -1.01. The highest BCUT2D eigenvalue weighted by atomic mass is 16.6. The molecule has 2 amide bonds. The van der Waals surface area contributed by atoms with Crippen molar-refractivity contribution in [2.75, 3.05) is 6.54 Å². The number of imide groups is 1. The number of hydrogen-bond acceptors (Lipinski definition) is 6. The van der Waals surface area contributed by atoms with Gasteiger partial charge < -0.3 is 9.15 Å². The van der Waals surface area contributed by atoms with Crippen molar-refractivity contribution in [1.29, 1.82) is 0 Å². The van der Waals surface area contributed by atoms with Gasteiger partial charge in [0.05, 0.1) is 12.3 Å². The minimum absolute atomic E-state index is 0.333. The lowest BCUT2D eigenvalue weighted by molar-refractivity contribution is -0.484. The second kappa shape index (κ2) is 6.23. The predicted molar refractivity (Wildman–Crippen MR) is 79.3 cm³/mol. The number of amides is 2. The van der Waals surface area contributed by atoms with Crippen molar-refractivity contribution >= 4 is 12.0 Å². The molecule has 1 aliphatic heterocycles. The van der Waals surface area contributed by atoms with E-state index in [2.05, 4.69) is 0 Å². The van der Waals surface area contributed by atoms with Gasteiger partial charge in [-0.3, -0.25) is 14.9 Å². The van der Waals surface area contributed by atoms with Crippen LogP contribution in [0.3, 0.4) is 0 Å². The summed E-state index contributed by atoms with van der Waals surface area (Å²) < 4.78 is 10.5. The molecular weight excluding hydrogens is 304 g/mol. The summed E-state index contributed by atoms with van der Waals surface area (Å²) in [4.78, 5) is 35.7. The first-order chi connectivity index (χ1) is 10.7. The van der Waals surface area contributed by atoms with Crippen molar-refractivity contribution in [1.82, 2.24) is 4.90 Å². The molecule has 0 spiro atoms. The smallest absolute Gasteiger partial charge is 0.417 e. The van der Waals surface area contributed by atoms with Crippen molar-refractivity contribution in [2.45, 2.75) is 38.3 Å². The minimum Gasteiger partial charge on any atom is -0.469 e. The number of furan rings is 1. The summed E-state index contributed by atoms with van der Waals surface area (Å²) in [6, 6.07) is 2.35. The van der Waals surface area contributed by atoms with E-state index in [9.17, 15) is 19.7 Å². The molecule has 0 aromatic carbocycles. The van der Waals surface area contributed by atoms with Crippen LogP contribution in [0.1, 0.15) is 32.4 Å². The Hall–Kier alpha value is -2.64. The summed E-state index contributed by atoms with van der Waals surface area (Å²) in [5, 5.41) is 11.0. The Bertz CT molecular complexity index is 629. The molecule has 0 bridgehead atoms. The van der Waals surface area contributed by atoms with Crippen LogP contribution in [0, 0.1) is 10.1 Å². The summed E-state index contributed by atoms with van der Waals surface area (Å²) in [5.41, 5.74) is -0.784. The van der Waals surface area contributed by atoms with E-state index >= 15 is 0 Å². The van der Waals surface area contributed by atoms with Gasteiger partial charge in [-0.1, -0.05) is 6.08 Å². The SMILES string of the molecule is CC(C)(C)OC(=O)N1C(=O)C=C[C@@H]1[C@@H](C[N+](=O)[O-])c1ccco1. The number of carbonyl (C=O) groups excluding carboxylic acids is 2. The molecule has 1 aromatic rings. The maximum absolute atomic E-state index is 12.3. The number of ether oxygens (including phenoxy) is 1. The zero-order valence-electron chi connectivity index (χ0n) is 13.1. The number of nitro groups is 1. The Morgan fingerprint density at radius 2 is 2.22 bits per heavy atom. The van der Waals surface area contributed by atoms with E-state index in [1.54, 1.807) is 32.9 Å². The minimum atomic E-state index is -0.836. The van der Waals surface area contributed by atoms with E-state index in [1.807, 2.05) is 0 Å². The Morgan fingerprint density at radius 3 is 2.74 bits per heavy atom. The van der Waals surface area contributed by atoms with Gasteiger partial charge in [-0.15, -0.1) is 0 Å². The molecule has 0 aliphatic carbocycles. The molecule has 2 rings (SSSR count). The predicted octanol–water partition coefficient (Wildman–Crippen LogP) is 2.34. The van der Waals surface area contributed by atoms with Gasteiger partial charge in [0.1, 0.15) is 17.3 Å². The molecule has 0 saturated carbocycles. The van der Waals surface area contributed by atoms with Crippen LogP contribution in [-0.2, 0) is 9.53 Å². The maximum atomic E-state index is 12.3. The molecule has 1 aliphatic rings. The second-order valence-electron chi connectivity index (χ2n) is 6.18. The van der Waals surface area contributed by atoms with E-state index in [0.717, 1.165) is 4.90 Å². The van der Waals surface area contributed by atoms with E-state index in [-0.39, 0.29) is 0 Å². The molecule has 124 valence electrons. The summed E-state index contributed by atoms with van der Waals surface area (Å²) in [6.45, 7) is 4.55. The molecule has 8 heteroatoms. The van der Waals surface area contributed by atoms with E-state index in [1.165, 1.54) is 18.4 Å². The van der Waals surface area contributed by atoms with Gasteiger partial charge in [-0.25, -0.2) is 9.69 Å². The van der Waals surface area contributed by atoms with Gasteiger partial charge in [0.15, 0.2) is 0 Å². The Morgan fingerprint density at radius 1 is 1.52 bits per heavy atom. The zero-order valence-corrected chi connectivity index (χ0v) is 13.1. The first-order valence-electron chi connectivity index (χ1n) is 7.08. The summed E-state index contributed by atoms with van der Waals surface area (Å²) >= 11 is 0. The first kappa shape index (κ1) is 16.7. The average Bonchev–Trinajstić information content (AvgIpc) is 3.02. The molecule has 0 unspecified atom stereocenters. The molecule has 2 heterocycles. The highest BCUT2D eigenvalue weighted by Gasteiger charge is 2.42. The monoisotopic (exact) mass is 322 g/mol. The van der Waals surface area contributed by atoms with Crippen LogP contribution < -0.4 is 0 Å².